The predicted octanol–water partition coefficient (Wildman–Crippen LogP) is 4.28. The van der Waals surface area contributed by atoms with Crippen LogP contribution in [0.25, 0.3) is 10.1 Å². The number of ketones is 1. The van der Waals surface area contributed by atoms with Crippen molar-refractivity contribution in [1.82, 2.24) is 5.48 Å². The Hall–Kier alpha value is -4.01. The van der Waals surface area contributed by atoms with E-state index in [0.29, 0.717) is 16.3 Å². The van der Waals surface area contributed by atoms with Crippen molar-refractivity contribution >= 4 is 50.4 Å². The molecular formula is C26H23N3O4S. The molecule has 3 N–H and O–H groups in total. The Morgan fingerprint density at radius 3 is 2.26 bits per heavy atom. The fourth-order valence-corrected chi connectivity index (χ4v) is 4.60. The van der Waals surface area contributed by atoms with Crippen molar-refractivity contribution in [2.45, 2.75) is 6.42 Å². The molecule has 0 unspecified atom stereocenters. The maximum absolute atomic E-state index is 12.9. The number of benzene rings is 3. The van der Waals surface area contributed by atoms with Crippen molar-refractivity contribution < 1.29 is 19.6 Å². The first kappa shape index (κ1) is 23.2. The molecule has 0 radical (unpaired) electrons. The van der Waals surface area contributed by atoms with Crippen LogP contribution < -0.4 is 15.7 Å². The Labute approximate surface area is 200 Å². The topological polar surface area (TPSA) is 98.7 Å². The molecule has 0 saturated heterocycles. The number of carbonyl (C=O) groups is 3. The van der Waals surface area contributed by atoms with Gasteiger partial charge in [-0.2, -0.15) is 0 Å². The molecule has 172 valence electrons. The number of hydrogen-bond donors (Lipinski definition) is 3. The van der Waals surface area contributed by atoms with Crippen LogP contribution in [-0.2, 0) is 16.0 Å². The molecule has 7 nitrogen and oxygen atoms in total. The van der Waals surface area contributed by atoms with Crippen molar-refractivity contribution in [3.63, 3.8) is 0 Å². The highest BCUT2D eigenvalue weighted by molar-refractivity contribution is 7.20. The average molecular weight is 474 g/mol. The average Bonchev–Trinajstić information content (AvgIpc) is 3.28. The molecule has 1 heterocycles. The summed E-state index contributed by atoms with van der Waals surface area (Å²) in [6.07, 6.45) is 0.264. The number of hydrogen-bond acceptors (Lipinski definition) is 6. The van der Waals surface area contributed by atoms with Crippen molar-refractivity contribution in [3.8, 4) is 0 Å². The second-order valence-electron chi connectivity index (χ2n) is 7.75. The molecule has 3 aromatic carbocycles. The Kier molecular flexibility index (Phi) is 7.31. The first-order valence-corrected chi connectivity index (χ1v) is 11.5. The van der Waals surface area contributed by atoms with Crippen LogP contribution in [0.4, 0.5) is 11.4 Å². The fraction of sp³-hybridized carbons (Fsp3) is 0.115. The molecular weight excluding hydrogens is 450 g/mol. The van der Waals surface area contributed by atoms with E-state index in [0.717, 1.165) is 15.6 Å². The van der Waals surface area contributed by atoms with Crippen LogP contribution in [0.3, 0.4) is 0 Å². The summed E-state index contributed by atoms with van der Waals surface area (Å²) in [6, 6.07) is 25.8. The Morgan fingerprint density at radius 2 is 1.56 bits per heavy atom. The van der Waals surface area contributed by atoms with Gasteiger partial charge < -0.3 is 10.2 Å². The molecule has 0 bridgehead atoms. The van der Waals surface area contributed by atoms with E-state index in [2.05, 4.69) is 5.32 Å². The molecule has 0 aliphatic rings. The van der Waals surface area contributed by atoms with Crippen molar-refractivity contribution in [2.24, 2.45) is 0 Å². The molecule has 0 aliphatic heterocycles. The van der Waals surface area contributed by atoms with E-state index in [-0.39, 0.29) is 31.2 Å². The number of nitrogens with zero attached hydrogens (tertiary/aromatic N) is 1. The normalized spacial score (nSPS) is 10.6. The minimum Gasteiger partial charge on any atom is -0.355 e. The van der Waals surface area contributed by atoms with Gasteiger partial charge in [0.05, 0.1) is 18.0 Å². The largest absolute Gasteiger partial charge is 0.355 e. The van der Waals surface area contributed by atoms with E-state index in [1.54, 1.807) is 28.6 Å². The maximum Gasteiger partial charge on any atom is 0.284 e. The molecule has 0 fully saturated rings. The molecule has 0 saturated carbocycles. The summed E-state index contributed by atoms with van der Waals surface area (Å²) in [7, 11) is 0. The van der Waals surface area contributed by atoms with E-state index in [1.807, 2.05) is 66.7 Å². The van der Waals surface area contributed by atoms with E-state index < -0.39 is 5.91 Å². The molecule has 0 aliphatic carbocycles. The second-order valence-corrected chi connectivity index (χ2v) is 8.83. The number of para-hydroxylation sites is 1. The van der Waals surface area contributed by atoms with Crippen LogP contribution in [0, 0.1) is 0 Å². The third kappa shape index (κ3) is 5.86. The first-order valence-electron chi connectivity index (χ1n) is 10.7. The number of Topliss-reactive ketones (excluding diaryl/α,β-unsaturated/α-hetero) is 1. The third-order valence-corrected chi connectivity index (χ3v) is 6.29. The van der Waals surface area contributed by atoms with Crippen LogP contribution in [0.15, 0.2) is 84.9 Å². The van der Waals surface area contributed by atoms with E-state index in [4.69, 9.17) is 5.21 Å². The van der Waals surface area contributed by atoms with Gasteiger partial charge in [-0.3, -0.25) is 19.6 Å². The molecule has 0 spiro atoms. The lowest BCUT2D eigenvalue weighted by atomic mass is 10.1. The van der Waals surface area contributed by atoms with Gasteiger partial charge in [0.25, 0.3) is 5.91 Å². The zero-order valence-electron chi connectivity index (χ0n) is 18.2. The van der Waals surface area contributed by atoms with Gasteiger partial charge in [-0.15, -0.1) is 11.3 Å². The van der Waals surface area contributed by atoms with Gasteiger partial charge in [0.2, 0.25) is 5.91 Å². The third-order valence-electron chi connectivity index (χ3n) is 5.20. The lowest BCUT2D eigenvalue weighted by Gasteiger charge is -2.24. The lowest BCUT2D eigenvalue weighted by molar-refractivity contribution is -0.117. The van der Waals surface area contributed by atoms with Gasteiger partial charge >= 0.3 is 0 Å². The van der Waals surface area contributed by atoms with Gasteiger partial charge in [0, 0.05) is 22.5 Å². The summed E-state index contributed by atoms with van der Waals surface area (Å²) in [4.78, 5) is 39.5. The van der Waals surface area contributed by atoms with Crippen molar-refractivity contribution in [1.29, 1.82) is 0 Å². The minimum absolute atomic E-state index is 0.0176. The van der Waals surface area contributed by atoms with Crippen molar-refractivity contribution in [2.75, 3.05) is 23.3 Å². The van der Waals surface area contributed by atoms with Gasteiger partial charge in [-0.05, 0) is 41.3 Å². The molecule has 2 amide bonds. The summed E-state index contributed by atoms with van der Waals surface area (Å²) in [5.74, 6) is -0.851. The number of nitrogens with one attached hydrogen (secondary N) is 2. The summed E-state index contributed by atoms with van der Waals surface area (Å²) in [6.45, 7) is 0.0360. The summed E-state index contributed by atoms with van der Waals surface area (Å²) < 4.78 is 0.806. The smallest absolute Gasteiger partial charge is 0.284 e. The highest BCUT2D eigenvalue weighted by Crippen LogP contribution is 2.30. The zero-order valence-corrected chi connectivity index (χ0v) is 19.0. The van der Waals surface area contributed by atoms with Gasteiger partial charge in [-0.25, -0.2) is 5.48 Å². The van der Waals surface area contributed by atoms with Crippen LogP contribution in [-0.4, -0.2) is 35.9 Å². The molecule has 0 atom stereocenters. The first-order chi connectivity index (χ1) is 16.5. The Balaban J connectivity index is 1.57. The highest BCUT2D eigenvalue weighted by Gasteiger charge is 2.18. The monoisotopic (exact) mass is 473 g/mol. The molecule has 4 rings (SSSR count). The summed E-state index contributed by atoms with van der Waals surface area (Å²) in [5, 5.41) is 12.6. The van der Waals surface area contributed by atoms with Crippen LogP contribution in [0.1, 0.15) is 15.2 Å². The SMILES string of the molecule is O=C(Cc1ccccc1)CN(CC(=O)Nc1ccccc1)c1ccc2cc(C(=O)NO)sc2c1. The predicted molar refractivity (Wildman–Crippen MR) is 134 cm³/mol. The van der Waals surface area contributed by atoms with Crippen LogP contribution in [0.5, 0.6) is 0 Å². The minimum atomic E-state index is -0.583. The number of amides is 2. The van der Waals surface area contributed by atoms with Crippen LogP contribution >= 0.6 is 11.3 Å². The van der Waals surface area contributed by atoms with Gasteiger partial charge in [-0.1, -0.05) is 54.6 Å². The number of rotatable bonds is 9. The van der Waals surface area contributed by atoms with E-state index in [1.165, 1.54) is 11.3 Å². The Morgan fingerprint density at radius 1 is 0.853 bits per heavy atom. The second kappa shape index (κ2) is 10.7. The zero-order chi connectivity index (χ0) is 23.9. The number of thiophene rings is 1. The quantitative estimate of drug-likeness (QED) is 0.249. The van der Waals surface area contributed by atoms with E-state index >= 15 is 0 Å². The number of fused-ring (bicyclic) bond motifs is 1. The number of hydroxylamine groups is 1. The number of anilines is 2. The van der Waals surface area contributed by atoms with Gasteiger partial charge in [0.15, 0.2) is 5.78 Å². The van der Waals surface area contributed by atoms with E-state index in [9.17, 15) is 14.4 Å². The molecule has 8 heteroatoms. The lowest BCUT2D eigenvalue weighted by Crippen LogP contribution is -2.37. The standard InChI is InChI=1S/C26H23N3O4S/c30-22(13-18-7-3-1-4-8-18)16-29(17-25(31)27-20-9-5-2-6-10-20)21-12-11-19-14-24(26(32)28-33)34-23(19)15-21/h1-12,14-15,33H,13,16-17H2,(H,27,31)(H,28,32). The number of carbonyl (C=O) groups excluding carboxylic acids is 3. The van der Waals surface area contributed by atoms with Gasteiger partial charge in [0.1, 0.15) is 0 Å². The highest BCUT2D eigenvalue weighted by atomic mass is 32.1. The summed E-state index contributed by atoms with van der Waals surface area (Å²) in [5.41, 5.74) is 3.92. The molecule has 1 aromatic heterocycles. The molecule has 4 aromatic rings. The fourth-order valence-electron chi connectivity index (χ4n) is 3.61. The van der Waals surface area contributed by atoms with Crippen LogP contribution in [0.2, 0.25) is 0 Å². The molecule has 34 heavy (non-hydrogen) atoms. The van der Waals surface area contributed by atoms with Crippen molar-refractivity contribution in [3.05, 3.63) is 95.4 Å². The summed E-state index contributed by atoms with van der Waals surface area (Å²) >= 11 is 1.22. The Bertz CT molecular complexity index is 1250. The maximum atomic E-state index is 12.9.